The summed E-state index contributed by atoms with van der Waals surface area (Å²) in [7, 11) is 1.62. The summed E-state index contributed by atoms with van der Waals surface area (Å²) in [5.74, 6) is 0.793. The number of aliphatic hydroxyl groups excluding tert-OH is 1. The summed E-state index contributed by atoms with van der Waals surface area (Å²) in [6.45, 7) is 1.79. The molecule has 0 spiro atoms. The van der Waals surface area contributed by atoms with Gasteiger partial charge in [0.2, 0.25) is 0 Å². The minimum Gasteiger partial charge on any atom is -0.496 e. The van der Waals surface area contributed by atoms with E-state index in [0.29, 0.717) is 17.9 Å². The van der Waals surface area contributed by atoms with Crippen molar-refractivity contribution < 1.29 is 9.84 Å². The van der Waals surface area contributed by atoms with Crippen LogP contribution in [0.2, 0.25) is 5.02 Å². The van der Waals surface area contributed by atoms with Crippen LogP contribution in [0.15, 0.2) is 18.2 Å². The third kappa shape index (κ3) is 3.67. The Morgan fingerprint density at radius 2 is 2.19 bits per heavy atom. The number of ether oxygens (including phenoxy) is 1. The molecule has 0 radical (unpaired) electrons. The van der Waals surface area contributed by atoms with Crippen molar-refractivity contribution in [2.45, 2.75) is 31.9 Å². The number of rotatable bonds is 5. The smallest absolute Gasteiger partial charge is 0.122 e. The molecule has 2 atom stereocenters. The number of aliphatic hydroxyl groups is 1. The van der Waals surface area contributed by atoms with Crippen molar-refractivity contribution in [1.29, 1.82) is 0 Å². The predicted octanol–water partition coefficient (Wildman–Crippen LogP) is 1.99. The molecule has 3 N–H and O–H groups in total. The molecule has 0 heterocycles. The van der Waals surface area contributed by atoms with E-state index in [1.807, 2.05) is 12.1 Å². The average molecular weight is 244 g/mol. The quantitative estimate of drug-likeness (QED) is 0.832. The van der Waals surface area contributed by atoms with Crippen molar-refractivity contribution in [3.63, 3.8) is 0 Å². The second kappa shape index (κ2) is 6.09. The monoisotopic (exact) mass is 243 g/mol. The lowest BCUT2D eigenvalue weighted by molar-refractivity contribution is 0.141. The third-order valence-corrected chi connectivity index (χ3v) is 2.79. The second-order valence-electron chi connectivity index (χ2n) is 3.92. The Bertz CT molecular complexity index is 342. The molecule has 1 aromatic rings. The molecule has 1 aromatic carbocycles. The Kier molecular flexibility index (Phi) is 5.06. The first-order chi connectivity index (χ1) is 7.54. The van der Waals surface area contributed by atoms with E-state index in [4.69, 9.17) is 22.1 Å². The summed E-state index contributed by atoms with van der Waals surface area (Å²) < 4.78 is 5.22. The van der Waals surface area contributed by atoms with Crippen LogP contribution in [-0.4, -0.2) is 24.4 Å². The molecule has 0 aromatic heterocycles. The standard InChI is InChI=1S/C12H18ClNO2/c1-8(14)11(15)5-3-9-7-10(13)4-6-12(9)16-2/h4,6-8,11,15H,3,5,14H2,1-2H3. The first kappa shape index (κ1) is 13.3. The molecule has 4 heteroatoms. The van der Waals surface area contributed by atoms with Crippen LogP contribution in [-0.2, 0) is 6.42 Å². The van der Waals surface area contributed by atoms with Crippen LogP contribution < -0.4 is 10.5 Å². The van der Waals surface area contributed by atoms with E-state index < -0.39 is 6.10 Å². The molecule has 1 rings (SSSR count). The molecule has 0 saturated carbocycles. The molecular weight excluding hydrogens is 226 g/mol. The van der Waals surface area contributed by atoms with Crippen molar-refractivity contribution in [2.24, 2.45) is 5.73 Å². The number of methoxy groups -OCH3 is 1. The van der Waals surface area contributed by atoms with Gasteiger partial charge in [-0.2, -0.15) is 0 Å². The zero-order valence-corrected chi connectivity index (χ0v) is 10.4. The number of benzene rings is 1. The Labute approximate surface area is 101 Å². The molecule has 90 valence electrons. The summed E-state index contributed by atoms with van der Waals surface area (Å²) >= 11 is 5.91. The first-order valence-corrected chi connectivity index (χ1v) is 5.68. The Hall–Kier alpha value is -0.770. The van der Waals surface area contributed by atoms with Gasteiger partial charge >= 0.3 is 0 Å². The lowest BCUT2D eigenvalue weighted by atomic mass is 10.0. The van der Waals surface area contributed by atoms with E-state index in [1.54, 1.807) is 20.1 Å². The Morgan fingerprint density at radius 1 is 1.50 bits per heavy atom. The van der Waals surface area contributed by atoms with E-state index in [1.165, 1.54) is 0 Å². The van der Waals surface area contributed by atoms with Gasteiger partial charge in [-0.25, -0.2) is 0 Å². The average Bonchev–Trinajstić information content (AvgIpc) is 2.25. The van der Waals surface area contributed by atoms with E-state index in [-0.39, 0.29) is 6.04 Å². The fraction of sp³-hybridized carbons (Fsp3) is 0.500. The SMILES string of the molecule is COc1ccc(Cl)cc1CCC(O)C(C)N. The molecule has 2 unspecified atom stereocenters. The van der Waals surface area contributed by atoms with Gasteiger partial charge in [0.25, 0.3) is 0 Å². The fourth-order valence-corrected chi connectivity index (χ4v) is 1.70. The van der Waals surface area contributed by atoms with Gasteiger partial charge in [0.15, 0.2) is 0 Å². The number of aryl methyl sites for hydroxylation is 1. The lowest BCUT2D eigenvalue weighted by Gasteiger charge is -2.15. The maximum absolute atomic E-state index is 9.62. The zero-order valence-electron chi connectivity index (χ0n) is 9.61. The first-order valence-electron chi connectivity index (χ1n) is 5.30. The van der Waals surface area contributed by atoms with Gasteiger partial charge in [-0.05, 0) is 43.5 Å². The van der Waals surface area contributed by atoms with Crippen molar-refractivity contribution in [3.05, 3.63) is 28.8 Å². The van der Waals surface area contributed by atoms with Crippen molar-refractivity contribution >= 4 is 11.6 Å². The zero-order chi connectivity index (χ0) is 12.1. The molecule has 3 nitrogen and oxygen atoms in total. The summed E-state index contributed by atoms with van der Waals surface area (Å²) in [6, 6.07) is 5.25. The summed E-state index contributed by atoms with van der Waals surface area (Å²) in [5, 5.41) is 10.3. The van der Waals surface area contributed by atoms with Gasteiger partial charge in [-0.3, -0.25) is 0 Å². The highest BCUT2D eigenvalue weighted by molar-refractivity contribution is 6.30. The topological polar surface area (TPSA) is 55.5 Å². The minimum absolute atomic E-state index is 0.217. The van der Waals surface area contributed by atoms with Gasteiger partial charge in [0.1, 0.15) is 5.75 Å². The second-order valence-corrected chi connectivity index (χ2v) is 4.36. The van der Waals surface area contributed by atoms with Crippen LogP contribution in [0.3, 0.4) is 0 Å². The number of nitrogens with two attached hydrogens (primary N) is 1. The van der Waals surface area contributed by atoms with E-state index in [2.05, 4.69) is 0 Å². The van der Waals surface area contributed by atoms with E-state index in [9.17, 15) is 5.11 Å². The molecule has 0 amide bonds. The molecule has 0 saturated heterocycles. The van der Waals surface area contributed by atoms with Crippen LogP contribution in [0.1, 0.15) is 18.9 Å². The van der Waals surface area contributed by atoms with Crippen LogP contribution in [0.5, 0.6) is 5.75 Å². The third-order valence-electron chi connectivity index (χ3n) is 2.56. The number of hydrogen-bond donors (Lipinski definition) is 2. The fourth-order valence-electron chi connectivity index (χ4n) is 1.51. The molecule has 16 heavy (non-hydrogen) atoms. The highest BCUT2D eigenvalue weighted by Gasteiger charge is 2.11. The van der Waals surface area contributed by atoms with Crippen molar-refractivity contribution in [2.75, 3.05) is 7.11 Å². The largest absolute Gasteiger partial charge is 0.496 e. The van der Waals surface area contributed by atoms with Gasteiger partial charge < -0.3 is 15.6 Å². The van der Waals surface area contributed by atoms with E-state index in [0.717, 1.165) is 11.3 Å². The predicted molar refractivity (Wildman–Crippen MR) is 66.0 cm³/mol. The maximum Gasteiger partial charge on any atom is 0.122 e. The normalized spacial score (nSPS) is 14.6. The molecule has 0 fully saturated rings. The maximum atomic E-state index is 9.62. The summed E-state index contributed by atoms with van der Waals surface area (Å²) in [6.07, 6.45) is 0.810. The molecule has 0 aliphatic heterocycles. The van der Waals surface area contributed by atoms with Gasteiger partial charge in [0.05, 0.1) is 13.2 Å². The molecule has 0 aliphatic carbocycles. The lowest BCUT2D eigenvalue weighted by Crippen LogP contribution is -2.31. The van der Waals surface area contributed by atoms with Crippen molar-refractivity contribution in [3.8, 4) is 5.75 Å². The number of halogens is 1. The highest BCUT2D eigenvalue weighted by Crippen LogP contribution is 2.24. The minimum atomic E-state index is -0.497. The summed E-state index contributed by atoms with van der Waals surface area (Å²) in [5.41, 5.74) is 6.59. The number of hydrogen-bond acceptors (Lipinski definition) is 3. The molecule has 0 aliphatic rings. The van der Waals surface area contributed by atoms with Crippen LogP contribution in [0.4, 0.5) is 0 Å². The van der Waals surface area contributed by atoms with Crippen molar-refractivity contribution in [1.82, 2.24) is 0 Å². The van der Waals surface area contributed by atoms with Gasteiger partial charge in [-0.1, -0.05) is 11.6 Å². The van der Waals surface area contributed by atoms with Gasteiger partial charge in [-0.15, -0.1) is 0 Å². The molecular formula is C12H18ClNO2. The van der Waals surface area contributed by atoms with Gasteiger partial charge in [0, 0.05) is 11.1 Å². The Morgan fingerprint density at radius 3 is 2.75 bits per heavy atom. The van der Waals surface area contributed by atoms with E-state index >= 15 is 0 Å². The van der Waals surface area contributed by atoms with Crippen LogP contribution in [0.25, 0.3) is 0 Å². The van der Waals surface area contributed by atoms with Crippen LogP contribution >= 0.6 is 11.6 Å². The Balaban J connectivity index is 2.68. The molecule has 0 bridgehead atoms. The highest BCUT2D eigenvalue weighted by atomic mass is 35.5. The van der Waals surface area contributed by atoms with Crippen LogP contribution in [0, 0.1) is 0 Å². The summed E-state index contributed by atoms with van der Waals surface area (Å²) in [4.78, 5) is 0.